The average molecular weight is 346 g/mol. The number of nitrogens with zero attached hydrogens (tertiary/aromatic N) is 1. The topological polar surface area (TPSA) is 20.3 Å². The predicted octanol–water partition coefficient (Wildman–Crippen LogP) is 6.72. The molecular weight excluding hydrogens is 306 g/mol. The van der Waals surface area contributed by atoms with Crippen molar-refractivity contribution in [3.8, 4) is 0 Å². The number of aryl methyl sites for hydroxylation is 1. The monoisotopic (exact) mass is 345 g/mol. The molecule has 0 spiro atoms. The van der Waals surface area contributed by atoms with Crippen LogP contribution in [0.1, 0.15) is 66.4 Å². The van der Waals surface area contributed by atoms with E-state index in [-0.39, 0.29) is 0 Å². The summed E-state index contributed by atoms with van der Waals surface area (Å²) in [5.41, 5.74) is 1.41. The molecule has 0 fully saturated rings. The number of hydrogen-bond acceptors (Lipinski definition) is 1. The van der Waals surface area contributed by atoms with Crippen molar-refractivity contribution in [1.29, 1.82) is 0 Å². The molecule has 142 valence electrons. The zero-order valence-electron chi connectivity index (χ0n) is 17.5. The Hall–Kier alpha value is -1.83. The van der Waals surface area contributed by atoms with Gasteiger partial charge in [0.15, 0.2) is 0 Å². The van der Waals surface area contributed by atoms with E-state index >= 15 is 0 Å². The quantitative estimate of drug-likeness (QED) is 0.403. The second kappa shape index (κ2) is 18.5. The number of benzene rings is 2. The smallest absolute Gasteiger partial charge is 0.209 e. The van der Waals surface area contributed by atoms with E-state index in [9.17, 15) is 4.79 Å². The van der Waals surface area contributed by atoms with Crippen molar-refractivity contribution in [3.05, 3.63) is 48.0 Å². The van der Waals surface area contributed by atoms with E-state index in [4.69, 9.17) is 0 Å². The lowest BCUT2D eigenvalue weighted by molar-refractivity contribution is -0.117. The molecule has 0 saturated carbocycles. The summed E-state index contributed by atoms with van der Waals surface area (Å²) >= 11 is 0. The highest BCUT2D eigenvalue weighted by Crippen LogP contribution is 2.17. The maximum absolute atomic E-state index is 10.4. The Morgan fingerprint density at radius 1 is 0.800 bits per heavy atom. The van der Waals surface area contributed by atoms with Crippen molar-refractivity contribution < 1.29 is 4.79 Å². The zero-order chi connectivity index (χ0) is 19.5. The van der Waals surface area contributed by atoms with Crippen molar-refractivity contribution >= 4 is 17.2 Å². The highest BCUT2D eigenvalue weighted by molar-refractivity contribution is 5.82. The van der Waals surface area contributed by atoms with Crippen LogP contribution in [0, 0.1) is 0 Å². The first kappa shape index (κ1) is 25.4. The molecule has 2 aromatic carbocycles. The van der Waals surface area contributed by atoms with E-state index in [1.54, 1.807) is 4.90 Å². The summed E-state index contributed by atoms with van der Waals surface area (Å²) in [7, 11) is 1.83. The van der Waals surface area contributed by atoms with Crippen LogP contribution in [0.3, 0.4) is 0 Å². The summed E-state index contributed by atoms with van der Waals surface area (Å²) in [5.74, 6) is 0. The molecule has 0 radical (unpaired) electrons. The number of carbonyl (C=O) groups excluding carboxylic acids is 1. The van der Waals surface area contributed by atoms with Crippen molar-refractivity contribution in [2.24, 2.45) is 0 Å². The minimum Gasteiger partial charge on any atom is -0.348 e. The first-order chi connectivity index (χ1) is 12.3. The summed E-state index contributed by atoms with van der Waals surface area (Å²) < 4.78 is 0. The summed E-state index contributed by atoms with van der Waals surface area (Å²) in [4.78, 5) is 12.1. The third kappa shape index (κ3) is 11.4. The van der Waals surface area contributed by atoms with Crippen molar-refractivity contribution in [2.75, 3.05) is 13.6 Å². The van der Waals surface area contributed by atoms with E-state index in [1.807, 2.05) is 48.6 Å². The van der Waals surface area contributed by atoms with Gasteiger partial charge in [0, 0.05) is 13.6 Å². The maximum Gasteiger partial charge on any atom is 0.209 e. The Morgan fingerprint density at radius 2 is 1.40 bits per heavy atom. The molecule has 0 bridgehead atoms. The van der Waals surface area contributed by atoms with Crippen LogP contribution in [0.4, 0.5) is 0 Å². The van der Waals surface area contributed by atoms with Gasteiger partial charge in [0.1, 0.15) is 0 Å². The molecule has 25 heavy (non-hydrogen) atoms. The van der Waals surface area contributed by atoms with Crippen LogP contribution in [-0.2, 0) is 11.2 Å². The van der Waals surface area contributed by atoms with Gasteiger partial charge in [-0.3, -0.25) is 4.79 Å². The fourth-order valence-electron chi connectivity index (χ4n) is 2.31. The van der Waals surface area contributed by atoms with Gasteiger partial charge in [-0.15, -0.1) is 0 Å². The molecule has 2 heteroatoms. The lowest BCUT2D eigenvalue weighted by Crippen LogP contribution is -2.16. The SMILES string of the molecule is CC.CC.CC.CN(C=O)CCCCCc1ccc2ccccc2c1. The average Bonchev–Trinajstić information content (AvgIpc) is 2.72. The number of rotatable bonds is 7. The molecule has 0 aliphatic heterocycles. The van der Waals surface area contributed by atoms with Crippen LogP contribution in [0.5, 0.6) is 0 Å². The molecule has 0 atom stereocenters. The normalized spacial score (nSPS) is 8.76. The number of hydrogen-bond donors (Lipinski definition) is 0. The Bertz CT molecular complexity index is 536. The molecule has 0 aliphatic rings. The third-order valence-corrected chi connectivity index (χ3v) is 3.47. The molecule has 2 aromatic rings. The minimum atomic E-state index is 0.862. The van der Waals surface area contributed by atoms with Crippen LogP contribution in [0.25, 0.3) is 10.8 Å². The molecule has 0 unspecified atom stereocenters. The molecule has 0 saturated heterocycles. The summed E-state index contributed by atoms with van der Waals surface area (Å²) in [6.45, 7) is 12.9. The number of carbonyl (C=O) groups is 1. The Morgan fingerprint density at radius 3 is 2.00 bits per heavy atom. The maximum atomic E-state index is 10.4. The Kier molecular flexibility index (Phi) is 18.8. The van der Waals surface area contributed by atoms with Crippen LogP contribution in [-0.4, -0.2) is 24.9 Å². The number of amides is 1. The van der Waals surface area contributed by atoms with Gasteiger partial charge in [-0.1, -0.05) is 90.4 Å². The molecule has 0 heterocycles. The lowest BCUT2D eigenvalue weighted by atomic mass is 10.0. The van der Waals surface area contributed by atoms with Gasteiger partial charge in [-0.2, -0.15) is 0 Å². The molecule has 2 nitrogen and oxygen atoms in total. The number of unbranched alkanes of at least 4 members (excludes halogenated alkanes) is 2. The molecular formula is C23H39NO. The van der Waals surface area contributed by atoms with Gasteiger partial charge >= 0.3 is 0 Å². The van der Waals surface area contributed by atoms with Crippen molar-refractivity contribution in [2.45, 2.75) is 67.2 Å². The van der Waals surface area contributed by atoms with E-state index in [1.165, 1.54) is 29.2 Å². The van der Waals surface area contributed by atoms with E-state index in [0.29, 0.717) is 0 Å². The second-order valence-corrected chi connectivity index (χ2v) is 5.08. The van der Waals surface area contributed by atoms with Gasteiger partial charge in [0.2, 0.25) is 6.41 Å². The van der Waals surface area contributed by atoms with Crippen LogP contribution < -0.4 is 0 Å². The van der Waals surface area contributed by atoms with Gasteiger partial charge in [-0.05, 0) is 35.6 Å². The van der Waals surface area contributed by atoms with E-state index < -0.39 is 0 Å². The Balaban J connectivity index is 0. The third-order valence-electron chi connectivity index (χ3n) is 3.47. The van der Waals surface area contributed by atoms with Gasteiger partial charge in [0.05, 0.1) is 0 Å². The highest BCUT2D eigenvalue weighted by atomic mass is 16.1. The fourth-order valence-corrected chi connectivity index (χ4v) is 2.31. The second-order valence-electron chi connectivity index (χ2n) is 5.08. The van der Waals surface area contributed by atoms with Crippen molar-refractivity contribution in [3.63, 3.8) is 0 Å². The van der Waals surface area contributed by atoms with Gasteiger partial charge < -0.3 is 4.90 Å². The first-order valence-corrected chi connectivity index (χ1v) is 9.93. The molecule has 0 aliphatic carbocycles. The Labute approximate surface area is 156 Å². The zero-order valence-corrected chi connectivity index (χ0v) is 17.5. The largest absolute Gasteiger partial charge is 0.348 e. The first-order valence-electron chi connectivity index (χ1n) is 9.93. The van der Waals surface area contributed by atoms with E-state index in [2.05, 4.69) is 42.5 Å². The molecule has 0 aromatic heterocycles. The van der Waals surface area contributed by atoms with Crippen molar-refractivity contribution in [1.82, 2.24) is 4.90 Å². The van der Waals surface area contributed by atoms with Gasteiger partial charge in [0.25, 0.3) is 0 Å². The summed E-state index contributed by atoms with van der Waals surface area (Å²) in [5, 5.41) is 2.62. The van der Waals surface area contributed by atoms with Crippen LogP contribution >= 0.6 is 0 Å². The standard InChI is InChI=1S/C17H21NO.3C2H6/c1-18(14-19)12-6-2-3-7-15-10-11-16-8-4-5-9-17(16)13-15;3*1-2/h4-5,8-11,13-14H,2-3,6-7,12H2,1H3;3*1-2H3. The highest BCUT2D eigenvalue weighted by Gasteiger charge is 1.98. The summed E-state index contributed by atoms with van der Waals surface area (Å²) in [6.07, 6.45) is 5.46. The molecule has 2 rings (SSSR count). The fraction of sp³-hybridized carbons (Fsp3) is 0.522. The van der Waals surface area contributed by atoms with Crippen LogP contribution in [0.2, 0.25) is 0 Å². The molecule has 1 amide bonds. The van der Waals surface area contributed by atoms with E-state index in [0.717, 1.165) is 25.8 Å². The van der Waals surface area contributed by atoms with Gasteiger partial charge in [-0.25, -0.2) is 0 Å². The minimum absolute atomic E-state index is 0.862. The number of fused-ring (bicyclic) bond motifs is 1. The lowest BCUT2D eigenvalue weighted by Gasteiger charge is -2.09. The predicted molar refractivity (Wildman–Crippen MR) is 114 cm³/mol. The summed E-state index contributed by atoms with van der Waals surface area (Å²) in [6, 6.07) is 15.2. The van der Waals surface area contributed by atoms with Crippen LogP contribution in [0.15, 0.2) is 42.5 Å². The molecule has 0 N–H and O–H groups in total.